The van der Waals surface area contributed by atoms with Gasteiger partial charge in [0.1, 0.15) is 11.6 Å². The van der Waals surface area contributed by atoms with Crippen molar-refractivity contribution in [2.45, 2.75) is 18.9 Å². The summed E-state index contributed by atoms with van der Waals surface area (Å²) in [5.41, 5.74) is -0.864. The second-order valence-electron chi connectivity index (χ2n) is 11.4. The van der Waals surface area contributed by atoms with Crippen LogP contribution in [0.5, 0.6) is 0 Å². The molecule has 2 aromatic carbocycles. The number of rotatable bonds is 8. The minimum absolute atomic E-state index is 0.220. The van der Waals surface area contributed by atoms with Crippen LogP contribution in [0.25, 0.3) is 22.2 Å². The number of fused-ring (bicyclic) bond motifs is 1. The van der Waals surface area contributed by atoms with Crippen LogP contribution in [-0.2, 0) is 23.6 Å². The lowest BCUT2D eigenvalue weighted by atomic mass is 10.0. The summed E-state index contributed by atoms with van der Waals surface area (Å²) in [7, 11) is 0. The average molecular weight is 646 g/mol. The van der Waals surface area contributed by atoms with E-state index in [-0.39, 0.29) is 11.3 Å². The molecule has 2 saturated heterocycles. The summed E-state index contributed by atoms with van der Waals surface area (Å²) in [4.78, 5) is 20.5. The molecule has 8 nitrogen and oxygen atoms in total. The summed E-state index contributed by atoms with van der Waals surface area (Å²) >= 11 is 0. The second kappa shape index (κ2) is 13.5. The zero-order valence-corrected chi connectivity index (χ0v) is 24.9. The van der Waals surface area contributed by atoms with E-state index < -0.39 is 23.5 Å². The zero-order valence-electron chi connectivity index (χ0n) is 24.9. The van der Waals surface area contributed by atoms with Crippen LogP contribution < -0.4 is 5.32 Å². The molecule has 0 unspecified atom stereocenters. The number of morpholine rings is 1. The predicted octanol–water partition coefficient (Wildman–Crippen LogP) is 5.92. The van der Waals surface area contributed by atoms with Gasteiger partial charge in [0.25, 0.3) is 0 Å². The first kappa shape index (κ1) is 32.1. The molecule has 4 aromatic rings. The molecule has 0 spiro atoms. The van der Waals surface area contributed by atoms with Gasteiger partial charge >= 0.3 is 12.4 Å². The van der Waals surface area contributed by atoms with Gasteiger partial charge in [0.2, 0.25) is 0 Å². The molecule has 2 aromatic heterocycles. The third-order valence-electron chi connectivity index (χ3n) is 8.27. The van der Waals surface area contributed by atoms with E-state index in [0.717, 1.165) is 83.8 Å². The van der Waals surface area contributed by atoms with Gasteiger partial charge in [-0.3, -0.25) is 19.7 Å². The summed E-state index contributed by atoms with van der Waals surface area (Å²) in [5.74, 6) is 0.783. The van der Waals surface area contributed by atoms with Crippen molar-refractivity contribution in [2.75, 3.05) is 70.9 Å². The summed E-state index contributed by atoms with van der Waals surface area (Å²) in [6.07, 6.45) is -7.77. The highest BCUT2D eigenvalue weighted by atomic mass is 19.4. The summed E-state index contributed by atoms with van der Waals surface area (Å²) in [6.45, 7) is 9.11. The number of alkyl halides is 6. The quantitative estimate of drug-likeness (QED) is 0.237. The molecule has 0 amide bonds. The molecule has 244 valence electrons. The Morgan fingerprint density at radius 1 is 0.739 bits per heavy atom. The Kier molecular flexibility index (Phi) is 9.41. The first-order valence-corrected chi connectivity index (χ1v) is 15.1. The Morgan fingerprint density at radius 3 is 2.09 bits per heavy atom. The number of anilines is 2. The molecule has 4 heterocycles. The molecule has 2 aliphatic rings. The summed E-state index contributed by atoms with van der Waals surface area (Å²) < 4.78 is 86.2. The van der Waals surface area contributed by atoms with Gasteiger partial charge in [-0.25, -0.2) is 9.97 Å². The van der Waals surface area contributed by atoms with Gasteiger partial charge in [-0.15, -0.1) is 0 Å². The Bertz CT molecular complexity index is 1630. The third kappa shape index (κ3) is 7.74. The van der Waals surface area contributed by atoms with Gasteiger partial charge in [-0.05, 0) is 48.5 Å². The number of hydrogen-bond acceptors (Lipinski definition) is 8. The minimum atomic E-state index is -4.60. The van der Waals surface area contributed by atoms with E-state index in [1.54, 1.807) is 12.1 Å². The molecule has 2 aliphatic heterocycles. The number of ether oxygens (including phenoxy) is 1. The molecule has 6 rings (SSSR count). The van der Waals surface area contributed by atoms with Crippen molar-refractivity contribution in [3.05, 3.63) is 77.7 Å². The fourth-order valence-corrected chi connectivity index (χ4v) is 5.71. The molecule has 0 radical (unpaired) electrons. The number of aromatic nitrogens is 3. The largest absolute Gasteiger partial charge is 0.418 e. The number of nitrogens with one attached hydrogen (secondary N) is 1. The van der Waals surface area contributed by atoms with E-state index in [0.29, 0.717) is 34.8 Å². The van der Waals surface area contributed by atoms with Crippen molar-refractivity contribution < 1.29 is 31.1 Å². The maximum absolute atomic E-state index is 13.8. The maximum atomic E-state index is 13.8. The Balaban J connectivity index is 1.25. The lowest BCUT2D eigenvalue weighted by Gasteiger charge is -2.36. The highest BCUT2D eigenvalue weighted by Crippen LogP contribution is 2.37. The number of hydrogen-bond donors (Lipinski definition) is 1. The molecule has 0 atom stereocenters. The van der Waals surface area contributed by atoms with Crippen LogP contribution in [0.3, 0.4) is 0 Å². The molecule has 1 N–H and O–H groups in total. The number of nitrogens with zero attached hydrogens (tertiary/aromatic N) is 6. The van der Waals surface area contributed by atoms with Crippen LogP contribution in [0, 0.1) is 0 Å². The first-order valence-electron chi connectivity index (χ1n) is 15.1. The van der Waals surface area contributed by atoms with Gasteiger partial charge in [0.05, 0.1) is 42.1 Å². The van der Waals surface area contributed by atoms with Crippen molar-refractivity contribution in [1.82, 2.24) is 29.7 Å². The lowest BCUT2D eigenvalue weighted by Crippen LogP contribution is -2.49. The molecule has 2 fully saturated rings. The molecule has 0 bridgehead atoms. The third-order valence-corrected chi connectivity index (χ3v) is 8.27. The van der Waals surface area contributed by atoms with Crippen LogP contribution in [0.2, 0.25) is 0 Å². The lowest BCUT2D eigenvalue weighted by molar-refractivity contribution is -0.138. The van der Waals surface area contributed by atoms with Gasteiger partial charge in [-0.1, -0.05) is 6.07 Å². The smallest absolute Gasteiger partial charge is 0.379 e. The molecule has 14 heteroatoms. The Morgan fingerprint density at radius 2 is 1.41 bits per heavy atom. The topological polar surface area (TPSA) is 69.7 Å². The number of halogens is 6. The Labute approximate surface area is 262 Å². The monoisotopic (exact) mass is 645 g/mol. The highest BCUT2D eigenvalue weighted by molar-refractivity contribution is 5.93. The van der Waals surface area contributed by atoms with Gasteiger partial charge < -0.3 is 10.1 Å². The normalized spacial score (nSPS) is 17.4. The van der Waals surface area contributed by atoms with Gasteiger partial charge in [0, 0.05) is 75.2 Å². The maximum Gasteiger partial charge on any atom is 0.418 e. The van der Waals surface area contributed by atoms with Crippen LogP contribution in [0.4, 0.5) is 37.8 Å². The zero-order chi connectivity index (χ0) is 32.3. The standard InChI is InChI=1S/C32H33F6N7O/c33-31(34,35)23-4-6-24(7-5-23)40-30-25-8-3-22(29-26(32(36,37)38)2-1-9-39-29)20-27(25)41-28(42-30)21-45-14-12-43(13-15-45)10-11-44-16-18-46-19-17-44/h1-9,20H,10-19,21H2,(H,40,41,42). The van der Waals surface area contributed by atoms with E-state index in [2.05, 4.69) is 25.0 Å². The van der Waals surface area contributed by atoms with E-state index in [4.69, 9.17) is 14.7 Å². The SMILES string of the molecule is FC(F)(F)c1ccc(Nc2nc(CN3CCN(CCN4CCOCC4)CC3)nc3cc(-c4ncccc4C(F)(F)F)ccc23)cc1. The number of pyridine rings is 1. The van der Waals surface area contributed by atoms with Crippen molar-refractivity contribution in [3.8, 4) is 11.3 Å². The fraction of sp³-hybridized carbons (Fsp3) is 0.406. The van der Waals surface area contributed by atoms with Crippen LogP contribution in [0.15, 0.2) is 60.8 Å². The van der Waals surface area contributed by atoms with Crippen molar-refractivity contribution >= 4 is 22.4 Å². The predicted molar refractivity (Wildman–Crippen MR) is 161 cm³/mol. The fourth-order valence-electron chi connectivity index (χ4n) is 5.71. The van der Waals surface area contributed by atoms with Crippen LogP contribution in [-0.4, -0.2) is 95.2 Å². The molecule has 0 saturated carbocycles. The first-order chi connectivity index (χ1) is 22.0. The summed E-state index contributed by atoms with van der Waals surface area (Å²) in [5, 5.41) is 3.60. The van der Waals surface area contributed by atoms with Crippen LogP contribution >= 0.6 is 0 Å². The van der Waals surface area contributed by atoms with Crippen molar-refractivity contribution in [2.24, 2.45) is 0 Å². The van der Waals surface area contributed by atoms with Crippen LogP contribution in [0.1, 0.15) is 17.0 Å². The minimum Gasteiger partial charge on any atom is -0.379 e. The Hall–Kier alpha value is -3.85. The highest BCUT2D eigenvalue weighted by Gasteiger charge is 2.34. The van der Waals surface area contributed by atoms with E-state index in [1.165, 1.54) is 30.5 Å². The molecule has 46 heavy (non-hydrogen) atoms. The molecular formula is C32H33F6N7O. The van der Waals surface area contributed by atoms with E-state index in [9.17, 15) is 26.3 Å². The second-order valence-corrected chi connectivity index (χ2v) is 11.4. The molecular weight excluding hydrogens is 612 g/mol. The summed E-state index contributed by atoms with van der Waals surface area (Å²) in [6, 6.07) is 11.4. The van der Waals surface area contributed by atoms with E-state index >= 15 is 0 Å². The molecule has 0 aliphatic carbocycles. The van der Waals surface area contributed by atoms with Gasteiger partial charge in [0.15, 0.2) is 0 Å². The van der Waals surface area contributed by atoms with E-state index in [1.807, 2.05) is 0 Å². The van der Waals surface area contributed by atoms with Gasteiger partial charge in [-0.2, -0.15) is 26.3 Å². The van der Waals surface area contributed by atoms with Crippen molar-refractivity contribution in [3.63, 3.8) is 0 Å². The van der Waals surface area contributed by atoms with Crippen molar-refractivity contribution in [1.29, 1.82) is 0 Å². The number of benzene rings is 2. The average Bonchev–Trinajstić information content (AvgIpc) is 3.04. The number of piperazine rings is 1.